The van der Waals surface area contributed by atoms with Crippen LogP contribution < -0.4 is 0 Å². The van der Waals surface area contributed by atoms with E-state index in [1.807, 2.05) is 0 Å². The third kappa shape index (κ3) is 1.79. The smallest absolute Gasteiger partial charge is 0.162 e. The van der Waals surface area contributed by atoms with Crippen molar-refractivity contribution in [2.24, 2.45) is 46.3 Å². The van der Waals surface area contributed by atoms with Crippen LogP contribution >= 0.6 is 0 Å². The molecule has 0 spiro atoms. The maximum absolute atomic E-state index is 13.0. The van der Waals surface area contributed by atoms with Crippen molar-refractivity contribution in [2.75, 3.05) is 0 Å². The van der Waals surface area contributed by atoms with Crippen molar-refractivity contribution < 1.29 is 15.0 Å². The van der Waals surface area contributed by atoms with Gasteiger partial charge in [-0.15, -0.1) is 0 Å². The predicted octanol–water partition coefficient (Wildman–Crippen LogP) is 3.53. The highest BCUT2D eigenvalue weighted by Gasteiger charge is 2.67. The van der Waals surface area contributed by atoms with Gasteiger partial charge in [-0.3, -0.25) is 4.79 Å². The Kier molecular flexibility index (Phi) is 3.06. The Hall–Kier alpha value is -0.410. The topological polar surface area (TPSA) is 57.5 Å². The van der Waals surface area contributed by atoms with Crippen LogP contribution in [0.1, 0.15) is 71.6 Å². The first kappa shape index (κ1) is 15.8. The Labute approximate surface area is 145 Å². The second-order valence-corrected chi connectivity index (χ2v) is 10.4. The molecule has 0 bridgehead atoms. The van der Waals surface area contributed by atoms with Crippen LogP contribution in [-0.4, -0.2) is 21.8 Å². The highest BCUT2D eigenvalue weighted by molar-refractivity contribution is 5.91. The lowest BCUT2D eigenvalue weighted by atomic mass is 9.44. The van der Waals surface area contributed by atoms with E-state index < -0.39 is 5.79 Å². The Morgan fingerprint density at radius 2 is 1.67 bits per heavy atom. The summed E-state index contributed by atoms with van der Waals surface area (Å²) < 4.78 is 0. The number of carbonyl (C=O) groups excluding carboxylic acids is 1. The molecule has 2 N–H and O–H groups in total. The van der Waals surface area contributed by atoms with Crippen molar-refractivity contribution in [1.82, 2.24) is 0 Å². The summed E-state index contributed by atoms with van der Waals surface area (Å²) in [7, 11) is 0. The molecule has 0 radical (unpaired) electrons. The van der Waals surface area contributed by atoms with E-state index in [2.05, 4.69) is 13.8 Å². The maximum atomic E-state index is 13.0. The Balaban J connectivity index is 1.48. The van der Waals surface area contributed by atoms with E-state index in [0.29, 0.717) is 54.1 Å². The van der Waals surface area contributed by atoms with Crippen LogP contribution in [0.3, 0.4) is 0 Å². The molecule has 24 heavy (non-hydrogen) atoms. The van der Waals surface area contributed by atoms with Crippen LogP contribution in [0.4, 0.5) is 0 Å². The number of carbonyl (C=O) groups is 1. The van der Waals surface area contributed by atoms with Gasteiger partial charge in [-0.2, -0.15) is 0 Å². The zero-order chi connectivity index (χ0) is 16.9. The van der Waals surface area contributed by atoms with E-state index >= 15 is 0 Å². The van der Waals surface area contributed by atoms with Crippen LogP contribution in [0.25, 0.3) is 0 Å². The lowest BCUT2D eigenvalue weighted by molar-refractivity contribution is -0.233. The highest BCUT2D eigenvalue weighted by atomic mass is 16.5. The molecule has 5 aliphatic rings. The molecule has 3 nitrogen and oxygen atoms in total. The van der Waals surface area contributed by atoms with Crippen LogP contribution in [-0.2, 0) is 4.79 Å². The molecule has 0 aromatic rings. The summed E-state index contributed by atoms with van der Waals surface area (Å²) in [4.78, 5) is 13.0. The fraction of sp³-hybridized carbons (Fsp3) is 0.952. The van der Waals surface area contributed by atoms with Gasteiger partial charge < -0.3 is 10.2 Å². The van der Waals surface area contributed by atoms with Crippen LogP contribution in [0.5, 0.6) is 0 Å². The van der Waals surface area contributed by atoms with E-state index in [1.165, 1.54) is 19.3 Å². The van der Waals surface area contributed by atoms with Crippen molar-refractivity contribution >= 4 is 5.78 Å². The van der Waals surface area contributed by atoms with Crippen LogP contribution in [0.2, 0.25) is 0 Å². The number of hydrogen-bond donors (Lipinski definition) is 2. The molecule has 0 aliphatic heterocycles. The molecule has 5 saturated carbocycles. The van der Waals surface area contributed by atoms with Gasteiger partial charge in [0.2, 0.25) is 0 Å². The van der Waals surface area contributed by atoms with Gasteiger partial charge in [0.05, 0.1) is 0 Å². The lowest BCUT2D eigenvalue weighted by Crippen LogP contribution is -2.56. The summed E-state index contributed by atoms with van der Waals surface area (Å²) in [6, 6.07) is 0. The largest absolute Gasteiger partial charge is 0.366 e. The van der Waals surface area contributed by atoms with E-state index in [4.69, 9.17) is 0 Å². The number of rotatable bonds is 0. The molecule has 5 fully saturated rings. The molecule has 3 heteroatoms. The lowest BCUT2D eigenvalue weighted by Gasteiger charge is -2.61. The summed E-state index contributed by atoms with van der Waals surface area (Å²) in [6.07, 6.45) is 9.03. The van der Waals surface area contributed by atoms with Gasteiger partial charge in [0.15, 0.2) is 5.79 Å². The van der Waals surface area contributed by atoms with Crippen molar-refractivity contribution in [3.63, 3.8) is 0 Å². The van der Waals surface area contributed by atoms with Crippen molar-refractivity contribution in [3.8, 4) is 0 Å². The minimum atomic E-state index is -1.44. The third-order valence-corrected chi connectivity index (χ3v) is 9.64. The monoisotopic (exact) mass is 332 g/mol. The second-order valence-electron chi connectivity index (χ2n) is 10.4. The zero-order valence-corrected chi connectivity index (χ0v) is 15.1. The normalized spacial score (nSPS) is 58.1. The van der Waals surface area contributed by atoms with Crippen molar-refractivity contribution in [1.29, 1.82) is 0 Å². The Morgan fingerprint density at radius 3 is 2.38 bits per heavy atom. The number of hydrogen-bond acceptors (Lipinski definition) is 3. The maximum Gasteiger partial charge on any atom is 0.162 e. The number of ketones is 1. The summed E-state index contributed by atoms with van der Waals surface area (Å²) in [6.45, 7) is 4.72. The first-order valence-electron chi connectivity index (χ1n) is 10.3. The molecular formula is C21H32O3. The Bertz CT molecular complexity index is 584. The molecule has 0 heterocycles. The van der Waals surface area contributed by atoms with Gasteiger partial charge in [-0.25, -0.2) is 0 Å². The molecular weight excluding hydrogens is 300 g/mol. The second kappa shape index (κ2) is 4.65. The summed E-state index contributed by atoms with van der Waals surface area (Å²) in [5.41, 5.74) is 0.215. The van der Waals surface area contributed by atoms with Crippen molar-refractivity contribution in [3.05, 3.63) is 0 Å². The quantitative estimate of drug-likeness (QED) is 0.667. The Morgan fingerprint density at radius 1 is 0.917 bits per heavy atom. The van der Waals surface area contributed by atoms with E-state index in [-0.39, 0.29) is 10.8 Å². The van der Waals surface area contributed by atoms with Gasteiger partial charge in [0.1, 0.15) is 5.78 Å². The molecule has 0 aromatic heterocycles. The molecule has 0 amide bonds. The average molecular weight is 332 g/mol. The van der Waals surface area contributed by atoms with Crippen LogP contribution in [0, 0.1) is 46.3 Å². The summed E-state index contributed by atoms with van der Waals surface area (Å²) in [5, 5.41) is 20.3. The fourth-order valence-corrected chi connectivity index (χ4v) is 8.26. The zero-order valence-electron chi connectivity index (χ0n) is 15.1. The standard InChI is InChI=1S/C21H32O3/c1-19-9-10-21(23,24)11-12(19)3-4-15-16(19)7-8-20(2)17(15)13-5-6-14(13)18(20)22/h12-17,23-24H,3-11H2,1-2H3/t12-,13-,14+,15-,16+,17+,19+,20+/m1/s1. The van der Waals surface area contributed by atoms with Gasteiger partial charge in [-0.05, 0) is 80.0 Å². The number of Topliss-reactive ketones (excluding diaryl/α,β-unsaturated/α-hetero) is 1. The van der Waals surface area contributed by atoms with E-state index in [1.54, 1.807) is 0 Å². The number of aliphatic hydroxyl groups is 2. The first-order valence-corrected chi connectivity index (χ1v) is 10.3. The predicted molar refractivity (Wildman–Crippen MR) is 90.9 cm³/mol. The molecule has 0 aromatic carbocycles. The average Bonchev–Trinajstić information content (AvgIpc) is 2.63. The van der Waals surface area contributed by atoms with Crippen molar-refractivity contribution in [2.45, 2.75) is 77.4 Å². The molecule has 5 rings (SSSR count). The first-order chi connectivity index (χ1) is 11.3. The fourth-order valence-electron chi connectivity index (χ4n) is 8.26. The highest BCUT2D eigenvalue weighted by Crippen LogP contribution is 2.70. The van der Waals surface area contributed by atoms with Gasteiger partial charge in [-0.1, -0.05) is 13.8 Å². The third-order valence-electron chi connectivity index (χ3n) is 9.64. The molecule has 134 valence electrons. The molecule has 8 atom stereocenters. The molecule has 0 unspecified atom stereocenters. The molecule has 0 saturated heterocycles. The minimum absolute atomic E-state index is 0.0391. The van der Waals surface area contributed by atoms with E-state index in [0.717, 1.165) is 25.7 Å². The number of fused-ring (bicyclic) bond motifs is 7. The van der Waals surface area contributed by atoms with Gasteiger partial charge in [0, 0.05) is 24.2 Å². The summed E-state index contributed by atoms with van der Waals surface area (Å²) >= 11 is 0. The SMILES string of the molecule is C[C@]12CCC(O)(O)C[C@H]1CC[C@H]1[C@@H]3[C@@H]4CC[C@@H]4C(=O)[C@@]3(C)CC[C@@H]12. The van der Waals surface area contributed by atoms with E-state index in [9.17, 15) is 15.0 Å². The van der Waals surface area contributed by atoms with Gasteiger partial charge in [0.25, 0.3) is 0 Å². The van der Waals surface area contributed by atoms with Gasteiger partial charge >= 0.3 is 0 Å². The minimum Gasteiger partial charge on any atom is -0.366 e. The summed E-state index contributed by atoms with van der Waals surface area (Å²) in [5.74, 6) is 2.68. The molecule has 5 aliphatic carbocycles. The van der Waals surface area contributed by atoms with Crippen LogP contribution in [0.15, 0.2) is 0 Å².